The average molecular weight is 172 g/mol. The molecular weight excluding hydrogens is 152 g/mol. The average Bonchev–Trinajstić information content (AvgIpc) is 2.05. The van der Waals surface area contributed by atoms with E-state index in [1.165, 1.54) is 0 Å². The van der Waals surface area contributed by atoms with Gasteiger partial charge in [-0.3, -0.25) is 0 Å². The van der Waals surface area contributed by atoms with E-state index < -0.39 is 5.60 Å². The SMILES string of the molecule is CCCC1CC(O)(CC)CCO1. The second kappa shape index (κ2) is 4.24. The van der Waals surface area contributed by atoms with Crippen molar-refractivity contribution in [3.05, 3.63) is 0 Å². The Balaban J connectivity index is 2.39. The summed E-state index contributed by atoms with van der Waals surface area (Å²) in [4.78, 5) is 0. The van der Waals surface area contributed by atoms with Crippen molar-refractivity contribution in [2.45, 2.75) is 57.7 Å². The van der Waals surface area contributed by atoms with E-state index in [2.05, 4.69) is 6.92 Å². The van der Waals surface area contributed by atoms with Crippen molar-refractivity contribution < 1.29 is 9.84 Å². The molecule has 1 saturated heterocycles. The van der Waals surface area contributed by atoms with E-state index in [1.807, 2.05) is 6.92 Å². The van der Waals surface area contributed by atoms with Crippen molar-refractivity contribution in [1.82, 2.24) is 0 Å². The molecule has 12 heavy (non-hydrogen) atoms. The molecule has 2 heteroatoms. The van der Waals surface area contributed by atoms with Crippen molar-refractivity contribution in [3.8, 4) is 0 Å². The van der Waals surface area contributed by atoms with Gasteiger partial charge in [-0.15, -0.1) is 0 Å². The van der Waals surface area contributed by atoms with Crippen LogP contribution in [0.25, 0.3) is 0 Å². The summed E-state index contributed by atoms with van der Waals surface area (Å²) in [6, 6.07) is 0. The Kier molecular flexibility index (Phi) is 3.53. The number of hydrogen-bond acceptors (Lipinski definition) is 2. The van der Waals surface area contributed by atoms with Gasteiger partial charge in [0, 0.05) is 13.0 Å². The highest BCUT2D eigenvalue weighted by molar-refractivity contribution is 4.84. The molecule has 2 nitrogen and oxygen atoms in total. The van der Waals surface area contributed by atoms with E-state index in [0.29, 0.717) is 6.10 Å². The minimum absolute atomic E-state index is 0.300. The van der Waals surface area contributed by atoms with Crippen molar-refractivity contribution in [2.75, 3.05) is 6.61 Å². The van der Waals surface area contributed by atoms with E-state index >= 15 is 0 Å². The summed E-state index contributed by atoms with van der Waals surface area (Å²) in [5.41, 5.74) is -0.432. The molecule has 1 heterocycles. The largest absolute Gasteiger partial charge is 0.390 e. The molecule has 0 amide bonds. The zero-order valence-corrected chi connectivity index (χ0v) is 8.18. The normalized spacial score (nSPS) is 36.8. The molecule has 1 aliphatic heterocycles. The Hall–Kier alpha value is -0.0800. The van der Waals surface area contributed by atoms with Gasteiger partial charge in [-0.05, 0) is 19.3 Å². The third-order valence-corrected chi connectivity index (χ3v) is 2.80. The molecule has 0 radical (unpaired) electrons. The smallest absolute Gasteiger partial charge is 0.0691 e. The van der Waals surface area contributed by atoms with Crippen LogP contribution in [0.4, 0.5) is 0 Å². The van der Waals surface area contributed by atoms with Crippen LogP contribution >= 0.6 is 0 Å². The third-order valence-electron chi connectivity index (χ3n) is 2.80. The summed E-state index contributed by atoms with van der Waals surface area (Å²) in [5.74, 6) is 0. The first kappa shape index (κ1) is 10.0. The van der Waals surface area contributed by atoms with Crippen molar-refractivity contribution in [3.63, 3.8) is 0 Å². The predicted octanol–water partition coefficient (Wildman–Crippen LogP) is 2.11. The van der Waals surface area contributed by atoms with Crippen molar-refractivity contribution in [2.24, 2.45) is 0 Å². The molecule has 2 unspecified atom stereocenters. The Morgan fingerprint density at radius 1 is 1.50 bits per heavy atom. The van der Waals surface area contributed by atoms with E-state index in [9.17, 15) is 5.11 Å². The zero-order chi connectivity index (χ0) is 9.03. The molecule has 0 aromatic rings. The van der Waals surface area contributed by atoms with Crippen LogP contribution in [0.1, 0.15) is 46.0 Å². The van der Waals surface area contributed by atoms with Crippen LogP contribution in [0, 0.1) is 0 Å². The third kappa shape index (κ3) is 2.46. The maximum atomic E-state index is 10.00. The standard InChI is InChI=1S/C10H20O2/c1-3-5-9-8-10(11,4-2)6-7-12-9/h9,11H,3-8H2,1-2H3. The fourth-order valence-corrected chi connectivity index (χ4v) is 1.83. The zero-order valence-electron chi connectivity index (χ0n) is 8.18. The lowest BCUT2D eigenvalue weighted by Crippen LogP contribution is -2.40. The van der Waals surface area contributed by atoms with Crippen molar-refractivity contribution in [1.29, 1.82) is 0 Å². The molecule has 2 atom stereocenters. The van der Waals surface area contributed by atoms with Crippen LogP contribution in [0.15, 0.2) is 0 Å². The molecule has 72 valence electrons. The van der Waals surface area contributed by atoms with E-state index in [0.717, 1.165) is 38.7 Å². The van der Waals surface area contributed by atoms with Gasteiger partial charge in [0.2, 0.25) is 0 Å². The molecule has 1 aliphatic rings. The minimum Gasteiger partial charge on any atom is -0.390 e. The highest BCUT2D eigenvalue weighted by Gasteiger charge is 2.32. The van der Waals surface area contributed by atoms with E-state index in [4.69, 9.17) is 4.74 Å². The summed E-state index contributed by atoms with van der Waals surface area (Å²) in [6.07, 6.45) is 5.03. The lowest BCUT2D eigenvalue weighted by molar-refractivity contribution is -0.106. The minimum atomic E-state index is -0.432. The van der Waals surface area contributed by atoms with Crippen LogP contribution in [-0.4, -0.2) is 23.4 Å². The molecule has 0 bridgehead atoms. The topological polar surface area (TPSA) is 29.5 Å². The van der Waals surface area contributed by atoms with Gasteiger partial charge in [0.05, 0.1) is 11.7 Å². The van der Waals surface area contributed by atoms with Gasteiger partial charge in [-0.25, -0.2) is 0 Å². The summed E-state index contributed by atoms with van der Waals surface area (Å²) in [7, 11) is 0. The summed E-state index contributed by atoms with van der Waals surface area (Å²) in [5, 5.41) is 10.00. The first-order valence-corrected chi connectivity index (χ1v) is 5.04. The maximum Gasteiger partial charge on any atom is 0.0691 e. The lowest BCUT2D eigenvalue weighted by Gasteiger charge is -2.36. The Bertz CT molecular complexity index is 134. The molecule has 0 aliphatic carbocycles. The molecule has 1 rings (SSSR count). The van der Waals surface area contributed by atoms with Crippen LogP contribution in [0.2, 0.25) is 0 Å². The summed E-state index contributed by atoms with van der Waals surface area (Å²) < 4.78 is 5.56. The van der Waals surface area contributed by atoms with Gasteiger partial charge >= 0.3 is 0 Å². The molecule has 1 fully saturated rings. The van der Waals surface area contributed by atoms with E-state index in [1.54, 1.807) is 0 Å². The second-order valence-corrected chi connectivity index (χ2v) is 3.81. The number of ether oxygens (including phenoxy) is 1. The highest BCUT2D eigenvalue weighted by Crippen LogP contribution is 2.29. The van der Waals surface area contributed by atoms with Crippen LogP contribution < -0.4 is 0 Å². The Morgan fingerprint density at radius 3 is 2.83 bits per heavy atom. The van der Waals surface area contributed by atoms with Gasteiger partial charge in [0.1, 0.15) is 0 Å². The maximum absolute atomic E-state index is 10.00. The predicted molar refractivity (Wildman–Crippen MR) is 49.1 cm³/mol. The fourth-order valence-electron chi connectivity index (χ4n) is 1.83. The fraction of sp³-hybridized carbons (Fsp3) is 1.00. The molecule has 0 saturated carbocycles. The molecule has 1 N–H and O–H groups in total. The van der Waals surface area contributed by atoms with Crippen LogP contribution in [0.5, 0.6) is 0 Å². The summed E-state index contributed by atoms with van der Waals surface area (Å²) in [6.45, 7) is 4.94. The quantitative estimate of drug-likeness (QED) is 0.706. The van der Waals surface area contributed by atoms with Crippen LogP contribution in [0.3, 0.4) is 0 Å². The van der Waals surface area contributed by atoms with Gasteiger partial charge in [0.25, 0.3) is 0 Å². The molecule has 0 aromatic heterocycles. The monoisotopic (exact) mass is 172 g/mol. The second-order valence-electron chi connectivity index (χ2n) is 3.81. The molecule has 0 aromatic carbocycles. The first-order chi connectivity index (χ1) is 5.70. The van der Waals surface area contributed by atoms with Gasteiger partial charge in [-0.2, -0.15) is 0 Å². The highest BCUT2D eigenvalue weighted by atomic mass is 16.5. The Morgan fingerprint density at radius 2 is 2.25 bits per heavy atom. The van der Waals surface area contributed by atoms with Crippen LogP contribution in [-0.2, 0) is 4.74 Å². The van der Waals surface area contributed by atoms with Crippen molar-refractivity contribution >= 4 is 0 Å². The number of hydrogen-bond donors (Lipinski definition) is 1. The number of rotatable bonds is 3. The lowest BCUT2D eigenvalue weighted by atomic mass is 9.87. The van der Waals surface area contributed by atoms with Gasteiger partial charge in [0.15, 0.2) is 0 Å². The summed E-state index contributed by atoms with van der Waals surface area (Å²) >= 11 is 0. The molecular formula is C10H20O2. The first-order valence-electron chi connectivity index (χ1n) is 5.04. The molecule has 0 spiro atoms. The Labute approximate surface area is 74.9 Å². The van der Waals surface area contributed by atoms with Gasteiger partial charge in [-0.1, -0.05) is 20.3 Å². The van der Waals surface area contributed by atoms with E-state index in [-0.39, 0.29) is 0 Å². The van der Waals surface area contributed by atoms with Gasteiger partial charge < -0.3 is 9.84 Å². The number of aliphatic hydroxyl groups is 1.